The highest BCUT2D eigenvalue weighted by Crippen LogP contribution is 2.14. The Morgan fingerprint density at radius 2 is 0.600 bits per heavy atom. The van der Waals surface area contributed by atoms with Crippen LogP contribution in [0.15, 0.2) is 0 Å². The van der Waals surface area contributed by atoms with Crippen molar-refractivity contribution in [2.24, 2.45) is 11.8 Å². The van der Waals surface area contributed by atoms with Gasteiger partial charge in [0.1, 0.15) is 0 Å². The maximum atomic E-state index is 2.33. The van der Waals surface area contributed by atoms with Crippen LogP contribution in [0, 0.1) is 11.8 Å². The molecule has 0 rings (SSSR count). The van der Waals surface area contributed by atoms with Gasteiger partial charge in [0.2, 0.25) is 0 Å². The van der Waals surface area contributed by atoms with E-state index in [1.165, 1.54) is 83.5 Å². The van der Waals surface area contributed by atoms with Crippen LogP contribution in [0.5, 0.6) is 0 Å². The molecule has 0 aliphatic rings. The zero-order valence-corrected chi connectivity index (χ0v) is 14.3. The van der Waals surface area contributed by atoms with E-state index in [9.17, 15) is 0 Å². The molecule has 0 radical (unpaired) electrons. The van der Waals surface area contributed by atoms with Gasteiger partial charge >= 0.3 is 0 Å². The van der Waals surface area contributed by atoms with Crippen LogP contribution in [0.4, 0.5) is 0 Å². The van der Waals surface area contributed by atoms with Gasteiger partial charge in [-0.05, 0) is 11.8 Å². The van der Waals surface area contributed by atoms with Crippen molar-refractivity contribution in [3.05, 3.63) is 0 Å². The Hall–Kier alpha value is 0. The van der Waals surface area contributed by atoms with Crippen molar-refractivity contribution >= 4 is 0 Å². The minimum absolute atomic E-state index is 0. The first kappa shape index (κ1) is 22.3. The molecule has 0 atom stereocenters. The zero-order valence-electron chi connectivity index (χ0n) is 14.3. The van der Waals surface area contributed by atoms with Gasteiger partial charge in [0.15, 0.2) is 0 Å². The third kappa shape index (κ3) is 20.3. The predicted molar refractivity (Wildman–Crippen MR) is 96.4 cm³/mol. The highest BCUT2D eigenvalue weighted by atomic mass is 14.0. The topological polar surface area (TPSA) is 0 Å². The fourth-order valence-electron chi connectivity index (χ4n) is 2.70. The Morgan fingerprint density at radius 1 is 0.400 bits per heavy atom. The van der Waals surface area contributed by atoms with Crippen molar-refractivity contribution in [2.45, 2.75) is 119 Å². The van der Waals surface area contributed by atoms with Gasteiger partial charge < -0.3 is 0 Å². The van der Waals surface area contributed by atoms with Gasteiger partial charge in [-0.3, -0.25) is 0 Å². The Balaban J connectivity index is 0. The molecular weight excluding hydrogens is 240 g/mol. The monoisotopic (exact) mass is 284 g/mol. The standard InChI is InChI=1S/C19H40.CH4/c1-18(2)16-14-12-10-8-6-5-7-9-11-13-15-17-19(3)4;/h18-19H,5-17H2,1-4H3;1H4. The highest BCUT2D eigenvalue weighted by Gasteiger charge is 1.96. The SMILES string of the molecule is C.CC(C)CCCCCCCCCCCCCC(C)C. The first-order valence-corrected chi connectivity index (χ1v) is 9.13. The molecule has 0 bridgehead atoms. The molecule has 0 spiro atoms. The Kier molecular flexibility index (Phi) is 19.0. The van der Waals surface area contributed by atoms with Crippen LogP contribution in [0.2, 0.25) is 0 Å². The van der Waals surface area contributed by atoms with Crippen molar-refractivity contribution in [1.29, 1.82) is 0 Å². The van der Waals surface area contributed by atoms with E-state index >= 15 is 0 Å². The summed E-state index contributed by atoms with van der Waals surface area (Å²) < 4.78 is 0. The molecule has 0 aromatic heterocycles. The summed E-state index contributed by atoms with van der Waals surface area (Å²) in [6, 6.07) is 0. The summed E-state index contributed by atoms with van der Waals surface area (Å²) in [7, 11) is 0. The van der Waals surface area contributed by atoms with Crippen LogP contribution < -0.4 is 0 Å². The van der Waals surface area contributed by atoms with Gasteiger partial charge in [0, 0.05) is 0 Å². The van der Waals surface area contributed by atoms with Crippen LogP contribution in [0.3, 0.4) is 0 Å². The zero-order chi connectivity index (χ0) is 14.3. The first-order valence-electron chi connectivity index (χ1n) is 9.13. The summed E-state index contributed by atoms with van der Waals surface area (Å²) in [4.78, 5) is 0. The Bertz CT molecular complexity index is 139. The van der Waals surface area contributed by atoms with Crippen molar-refractivity contribution in [2.75, 3.05) is 0 Å². The van der Waals surface area contributed by atoms with Crippen LogP contribution in [-0.2, 0) is 0 Å². The van der Waals surface area contributed by atoms with Gasteiger partial charge in [-0.2, -0.15) is 0 Å². The molecule has 0 nitrogen and oxygen atoms in total. The maximum Gasteiger partial charge on any atom is -0.0471 e. The van der Waals surface area contributed by atoms with Crippen LogP contribution in [0.1, 0.15) is 119 Å². The van der Waals surface area contributed by atoms with Crippen LogP contribution >= 0.6 is 0 Å². The largest absolute Gasteiger partial charge is 0.0776 e. The Labute approximate surface area is 131 Å². The summed E-state index contributed by atoms with van der Waals surface area (Å²) in [5.74, 6) is 1.80. The van der Waals surface area contributed by atoms with Gasteiger partial charge in [0.05, 0.1) is 0 Å². The van der Waals surface area contributed by atoms with E-state index in [1.807, 2.05) is 0 Å². The molecule has 124 valence electrons. The molecule has 0 fully saturated rings. The van der Waals surface area contributed by atoms with E-state index in [4.69, 9.17) is 0 Å². The fourth-order valence-corrected chi connectivity index (χ4v) is 2.70. The van der Waals surface area contributed by atoms with Crippen LogP contribution in [-0.4, -0.2) is 0 Å². The lowest BCUT2D eigenvalue weighted by Gasteiger charge is -2.05. The molecule has 0 amide bonds. The summed E-state index contributed by atoms with van der Waals surface area (Å²) in [6.07, 6.45) is 19.0. The van der Waals surface area contributed by atoms with Crippen molar-refractivity contribution in [3.63, 3.8) is 0 Å². The first-order chi connectivity index (χ1) is 9.13. The summed E-state index contributed by atoms with van der Waals surface area (Å²) in [6.45, 7) is 9.34. The van der Waals surface area contributed by atoms with Crippen molar-refractivity contribution in [3.8, 4) is 0 Å². The van der Waals surface area contributed by atoms with Crippen molar-refractivity contribution in [1.82, 2.24) is 0 Å². The number of unbranched alkanes of at least 4 members (excludes halogenated alkanes) is 10. The van der Waals surface area contributed by atoms with E-state index in [0.29, 0.717) is 0 Å². The van der Waals surface area contributed by atoms with E-state index in [-0.39, 0.29) is 7.43 Å². The molecule has 0 saturated carbocycles. The number of rotatable bonds is 14. The lowest BCUT2D eigenvalue weighted by atomic mass is 10.0. The second-order valence-electron chi connectivity index (χ2n) is 7.25. The predicted octanol–water partition coefficient (Wildman–Crippen LogP) is 8.01. The minimum atomic E-state index is 0. The molecule has 20 heavy (non-hydrogen) atoms. The second kappa shape index (κ2) is 17.1. The highest BCUT2D eigenvalue weighted by molar-refractivity contribution is 4.51. The van der Waals surface area contributed by atoms with Gasteiger partial charge in [-0.25, -0.2) is 0 Å². The smallest absolute Gasteiger partial charge is 0.0471 e. The molecule has 0 aromatic carbocycles. The number of hydrogen-bond acceptors (Lipinski definition) is 0. The molecule has 0 heteroatoms. The quantitative estimate of drug-likeness (QED) is 0.283. The van der Waals surface area contributed by atoms with Crippen LogP contribution in [0.25, 0.3) is 0 Å². The molecule has 0 unspecified atom stereocenters. The lowest BCUT2D eigenvalue weighted by molar-refractivity contribution is 0.494. The molecule has 0 N–H and O–H groups in total. The fraction of sp³-hybridized carbons (Fsp3) is 1.00. The maximum absolute atomic E-state index is 2.33. The van der Waals surface area contributed by atoms with E-state index in [2.05, 4.69) is 27.7 Å². The third-order valence-electron chi connectivity index (χ3n) is 4.06. The minimum Gasteiger partial charge on any atom is -0.0776 e. The molecule has 0 saturated heterocycles. The molecule has 0 aliphatic heterocycles. The third-order valence-corrected chi connectivity index (χ3v) is 4.06. The molecular formula is C20H44. The van der Waals surface area contributed by atoms with Crippen molar-refractivity contribution < 1.29 is 0 Å². The average molecular weight is 285 g/mol. The molecule has 0 aromatic rings. The Morgan fingerprint density at radius 3 is 0.800 bits per heavy atom. The van der Waals surface area contributed by atoms with E-state index in [0.717, 1.165) is 11.8 Å². The van der Waals surface area contributed by atoms with Gasteiger partial charge in [-0.1, -0.05) is 119 Å². The van der Waals surface area contributed by atoms with Gasteiger partial charge in [0.25, 0.3) is 0 Å². The summed E-state index contributed by atoms with van der Waals surface area (Å²) >= 11 is 0. The van der Waals surface area contributed by atoms with E-state index < -0.39 is 0 Å². The average Bonchev–Trinajstić information content (AvgIpc) is 2.34. The second-order valence-corrected chi connectivity index (χ2v) is 7.25. The van der Waals surface area contributed by atoms with Gasteiger partial charge in [-0.15, -0.1) is 0 Å². The number of hydrogen-bond donors (Lipinski definition) is 0. The lowest BCUT2D eigenvalue weighted by Crippen LogP contribution is -1.88. The van der Waals surface area contributed by atoms with E-state index in [1.54, 1.807) is 0 Å². The normalized spacial score (nSPS) is 11.1. The summed E-state index contributed by atoms with van der Waals surface area (Å²) in [5.41, 5.74) is 0. The summed E-state index contributed by atoms with van der Waals surface area (Å²) in [5, 5.41) is 0. The molecule has 0 heterocycles. The molecule has 0 aliphatic carbocycles.